The number of aryl methyl sites for hydroxylation is 4. The summed E-state index contributed by atoms with van der Waals surface area (Å²) < 4.78 is 0.587. The lowest BCUT2D eigenvalue weighted by atomic mass is 9.74. The monoisotopic (exact) mass is 588 g/mol. The fourth-order valence-electron chi connectivity index (χ4n) is 3.49. The van der Waals surface area contributed by atoms with Gasteiger partial charge in [-0.1, -0.05) is 70.7 Å². The molecule has 0 spiro atoms. The number of rotatable bonds is 2. The lowest BCUT2D eigenvalue weighted by Crippen LogP contribution is -2.34. The Morgan fingerprint density at radius 3 is 1.56 bits per heavy atom. The van der Waals surface area contributed by atoms with Gasteiger partial charge in [-0.2, -0.15) is 0 Å². The van der Waals surface area contributed by atoms with Gasteiger partial charge in [0.1, 0.15) is 16.2 Å². The number of nitrogens with two attached hydrogens (primary N) is 2. The summed E-state index contributed by atoms with van der Waals surface area (Å²) in [5, 5.41) is 19.1. The molecule has 6 nitrogen and oxygen atoms in total. The summed E-state index contributed by atoms with van der Waals surface area (Å²) in [6.07, 6.45) is 0. The fraction of sp³-hybridized carbons (Fsp3) is 0.154. The van der Waals surface area contributed by atoms with Gasteiger partial charge in [0.05, 0.1) is 15.7 Å². The van der Waals surface area contributed by atoms with Crippen molar-refractivity contribution in [3.05, 3.63) is 97.6 Å². The van der Waals surface area contributed by atoms with E-state index in [-0.39, 0.29) is 0 Å². The smallest absolute Gasteiger partial charge is 0.423 e. The highest BCUT2D eigenvalue weighted by Gasteiger charge is 2.15. The number of nitrogens with zero attached hydrogens (tertiary/aromatic N) is 2. The number of anilines is 2. The van der Waals surface area contributed by atoms with E-state index in [4.69, 9.17) is 44.7 Å². The Labute approximate surface area is 230 Å². The number of hydrogen-bond donors (Lipinski definition) is 4. The molecule has 0 aliphatic rings. The maximum absolute atomic E-state index is 8.94. The zero-order valence-electron chi connectivity index (χ0n) is 20.4. The standard InChI is InChI=1S/C13H13ClN2.C8H11BO2.C5H4BrClN2/c1-8-4-3-5-9(2)12(8)13-10(14)6-7-11(15)16-13;1-6-4-3-5-7(2)8(6)9(10)11;6-5-3(7)1-2-4(8)9-5/h3-7H,1-2H3,(H2,15,16);3-5,10-11H,1-2H3;1-2H,(H2,8,9). The van der Waals surface area contributed by atoms with Crippen molar-refractivity contribution < 1.29 is 10.0 Å². The normalized spacial score (nSPS) is 10.0. The summed E-state index contributed by atoms with van der Waals surface area (Å²) in [5.74, 6) is 0.952. The van der Waals surface area contributed by atoms with Crippen LogP contribution in [0.25, 0.3) is 11.3 Å². The van der Waals surface area contributed by atoms with Gasteiger partial charge in [-0.05, 0) is 84.5 Å². The quantitative estimate of drug-likeness (QED) is 0.177. The summed E-state index contributed by atoms with van der Waals surface area (Å²) in [4.78, 5) is 8.15. The molecule has 0 fully saturated rings. The average Bonchev–Trinajstić information content (AvgIpc) is 2.79. The molecule has 4 aromatic rings. The predicted octanol–water partition coefficient (Wildman–Crippen LogP) is 5.66. The number of halogens is 3. The molecule has 2 aromatic heterocycles. The van der Waals surface area contributed by atoms with Gasteiger partial charge >= 0.3 is 7.12 Å². The topological polar surface area (TPSA) is 118 Å². The Kier molecular flexibility index (Phi) is 11.2. The number of benzene rings is 2. The van der Waals surface area contributed by atoms with Crippen molar-refractivity contribution in [1.82, 2.24) is 9.97 Å². The van der Waals surface area contributed by atoms with Crippen molar-refractivity contribution in [3.8, 4) is 11.3 Å². The van der Waals surface area contributed by atoms with Crippen LogP contribution in [0.3, 0.4) is 0 Å². The van der Waals surface area contributed by atoms with E-state index in [1.54, 1.807) is 24.3 Å². The predicted molar refractivity (Wildman–Crippen MR) is 156 cm³/mol. The number of hydrogen-bond acceptors (Lipinski definition) is 6. The van der Waals surface area contributed by atoms with Crippen LogP contribution in [-0.2, 0) is 0 Å². The van der Waals surface area contributed by atoms with Crippen LogP contribution in [0.2, 0.25) is 10.0 Å². The highest BCUT2D eigenvalue weighted by atomic mass is 79.9. The fourth-order valence-corrected chi connectivity index (χ4v) is 4.13. The minimum absolute atomic E-state index is 0.464. The molecule has 10 heteroatoms. The third kappa shape index (κ3) is 8.22. The van der Waals surface area contributed by atoms with Crippen LogP contribution in [0.5, 0.6) is 0 Å². The maximum Gasteiger partial charge on any atom is 0.488 e. The van der Waals surface area contributed by atoms with Crippen molar-refractivity contribution >= 4 is 63.3 Å². The first kappa shape index (κ1) is 29.6. The summed E-state index contributed by atoms with van der Waals surface area (Å²) in [6.45, 7) is 7.82. The van der Waals surface area contributed by atoms with E-state index in [0.29, 0.717) is 31.7 Å². The summed E-state index contributed by atoms with van der Waals surface area (Å²) in [7, 11) is -1.35. The number of pyridine rings is 2. The van der Waals surface area contributed by atoms with Crippen molar-refractivity contribution in [2.45, 2.75) is 27.7 Å². The summed E-state index contributed by atoms with van der Waals surface area (Å²) >= 11 is 14.9. The number of nitrogen functional groups attached to an aromatic ring is 2. The van der Waals surface area contributed by atoms with E-state index in [1.807, 2.05) is 64.1 Å². The third-order valence-corrected chi connectivity index (χ3v) is 6.65. The van der Waals surface area contributed by atoms with Crippen LogP contribution in [-0.4, -0.2) is 27.1 Å². The van der Waals surface area contributed by atoms with Crippen LogP contribution in [0.1, 0.15) is 22.3 Å². The van der Waals surface area contributed by atoms with Crippen LogP contribution in [0.4, 0.5) is 11.6 Å². The molecule has 0 bridgehead atoms. The molecule has 6 N–H and O–H groups in total. The van der Waals surface area contributed by atoms with Gasteiger partial charge in [-0.25, -0.2) is 9.97 Å². The van der Waals surface area contributed by atoms with Crippen LogP contribution < -0.4 is 16.9 Å². The van der Waals surface area contributed by atoms with Crippen LogP contribution >= 0.6 is 39.1 Å². The summed E-state index contributed by atoms with van der Waals surface area (Å²) in [5.41, 5.74) is 17.6. The Morgan fingerprint density at radius 1 is 0.694 bits per heavy atom. The largest absolute Gasteiger partial charge is 0.488 e. The molecule has 2 heterocycles. The lowest BCUT2D eigenvalue weighted by Gasteiger charge is -2.10. The first-order valence-electron chi connectivity index (χ1n) is 10.9. The van der Waals surface area contributed by atoms with Gasteiger partial charge in [-0.3, -0.25) is 0 Å². The van der Waals surface area contributed by atoms with E-state index < -0.39 is 7.12 Å². The summed E-state index contributed by atoms with van der Waals surface area (Å²) in [6, 6.07) is 18.6. The van der Waals surface area contributed by atoms with Crippen molar-refractivity contribution in [2.24, 2.45) is 0 Å². The van der Waals surface area contributed by atoms with Crippen molar-refractivity contribution in [1.29, 1.82) is 0 Å². The zero-order valence-corrected chi connectivity index (χ0v) is 23.5. The molecule has 0 atom stereocenters. The van der Waals surface area contributed by atoms with Gasteiger partial charge < -0.3 is 21.5 Å². The second-order valence-electron chi connectivity index (χ2n) is 8.02. The van der Waals surface area contributed by atoms with Gasteiger partial charge in [0.25, 0.3) is 0 Å². The Balaban J connectivity index is 0.000000200. The molecule has 0 radical (unpaired) electrons. The van der Waals surface area contributed by atoms with Gasteiger partial charge in [0.15, 0.2) is 0 Å². The second kappa shape index (κ2) is 13.6. The second-order valence-corrected chi connectivity index (χ2v) is 9.59. The molecule has 2 aromatic carbocycles. The molecular weight excluding hydrogens is 562 g/mol. The van der Waals surface area contributed by atoms with E-state index in [1.165, 1.54) is 0 Å². The minimum atomic E-state index is -1.35. The Morgan fingerprint density at radius 2 is 1.14 bits per heavy atom. The van der Waals surface area contributed by atoms with Crippen molar-refractivity contribution in [3.63, 3.8) is 0 Å². The molecule has 0 aliphatic heterocycles. The number of aromatic nitrogens is 2. The van der Waals surface area contributed by atoms with Crippen LogP contribution in [0.15, 0.2) is 65.3 Å². The van der Waals surface area contributed by atoms with E-state index >= 15 is 0 Å². The first-order chi connectivity index (χ1) is 16.9. The van der Waals surface area contributed by atoms with E-state index in [2.05, 4.69) is 25.9 Å². The zero-order chi connectivity index (χ0) is 27.0. The molecular formula is C26H28BBrCl2N4O2. The van der Waals surface area contributed by atoms with Crippen LogP contribution in [0, 0.1) is 27.7 Å². The molecule has 4 rings (SSSR count). The molecule has 0 amide bonds. The van der Waals surface area contributed by atoms with Crippen molar-refractivity contribution in [2.75, 3.05) is 11.5 Å². The molecule has 0 saturated carbocycles. The molecule has 0 saturated heterocycles. The Bertz CT molecular complexity index is 1300. The van der Waals surface area contributed by atoms with E-state index in [0.717, 1.165) is 33.5 Å². The highest BCUT2D eigenvalue weighted by Crippen LogP contribution is 2.31. The molecule has 0 aliphatic carbocycles. The average molecular weight is 590 g/mol. The van der Waals surface area contributed by atoms with Gasteiger partial charge in [-0.15, -0.1) is 0 Å². The SMILES string of the molecule is Cc1cccc(C)c1-c1nc(N)ccc1Cl.Cc1cccc(C)c1B(O)O.Nc1ccc(Cl)c(Br)n1. The minimum Gasteiger partial charge on any atom is -0.423 e. The van der Waals surface area contributed by atoms with E-state index in [9.17, 15) is 0 Å². The highest BCUT2D eigenvalue weighted by molar-refractivity contribution is 9.10. The Hall–Kier alpha value is -2.62. The lowest BCUT2D eigenvalue weighted by molar-refractivity contribution is 0.425. The van der Waals surface area contributed by atoms with Gasteiger partial charge in [0, 0.05) is 5.56 Å². The molecule has 188 valence electrons. The third-order valence-electron chi connectivity index (χ3n) is 5.21. The van der Waals surface area contributed by atoms with Gasteiger partial charge in [0.2, 0.25) is 0 Å². The molecule has 0 unspecified atom stereocenters. The first-order valence-corrected chi connectivity index (χ1v) is 12.5. The maximum atomic E-state index is 8.94. The molecule has 36 heavy (non-hydrogen) atoms.